The van der Waals surface area contributed by atoms with Crippen molar-refractivity contribution in [1.29, 1.82) is 0 Å². The van der Waals surface area contributed by atoms with E-state index in [0.717, 1.165) is 50.9 Å². The van der Waals surface area contributed by atoms with Gasteiger partial charge in [0.2, 0.25) is 5.89 Å². The molecule has 0 amide bonds. The second-order valence-electron chi connectivity index (χ2n) is 6.38. The Labute approximate surface area is 138 Å². The van der Waals surface area contributed by atoms with Crippen LogP contribution >= 0.6 is 0 Å². The Bertz CT molecular complexity index is 631. The first-order chi connectivity index (χ1) is 11.2. The van der Waals surface area contributed by atoms with E-state index in [4.69, 9.17) is 4.52 Å². The third-order valence-electron chi connectivity index (χ3n) is 4.60. The van der Waals surface area contributed by atoms with E-state index in [9.17, 15) is 0 Å². The normalized spacial score (nSPS) is 18.2. The lowest BCUT2D eigenvalue weighted by Gasteiger charge is -2.36. The quantitative estimate of drug-likeness (QED) is 0.849. The molecule has 1 saturated heterocycles. The number of aromatic nitrogens is 2. The number of aryl methyl sites for hydroxylation is 2. The fourth-order valence-corrected chi connectivity index (χ4v) is 3.11. The van der Waals surface area contributed by atoms with Crippen LogP contribution in [0.25, 0.3) is 0 Å². The van der Waals surface area contributed by atoms with Crippen molar-refractivity contribution in [3.05, 3.63) is 47.1 Å². The van der Waals surface area contributed by atoms with Gasteiger partial charge in [0.15, 0.2) is 5.82 Å². The molecule has 0 aliphatic carbocycles. The highest BCUT2D eigenvalue weighted by Gasteiger charge is 2.25. The van der Waals surface area contributed by atoms with Gasteiger partial charge in [-0.3, -0.25) is 9.80 Å². The molecular formula is C18H26N4O. The molecule has 1 unspecified atom stereocenters. The second kappa shape index (κ2) is 7.23. The molecule has 1 aliphatic heterocycles. The summed E-state index contributed by atoms with van der Waals surface area (Å²) in [6.45, 7) is 11.6. The van der Waals surface area contributed by atoms with Crippen LogP contribution in [0.3, 0.4) is 0 Å². The number of piperazine rings is 1. The first kappa shape index (κ1) is 16.1. The molecule has 5 heteroatoms. The molecule has 1 aromatic heterocycles. The summed E-state index contributed by atoms with van der Waals surface area (Å²) in [6.07, 6.45) is 0.820. The van der Waals surface area contributed by atoms with Gasteiger partial charge in [-0.2, -0.15) is 4.98 Å². The summed E-state index contributed by atoms with van der Waals surface area (Å²) >= 11 is 0. The molecule has 23 heavy (non-hydrogen) atoms. The average molecular weight is 314 g/mol. The van der Waals surface area contributed by atoms with Crippen molar-refractivity contribution in [1.82, 2.24) is 19.9 Å². The topological polar surface area (TPSA) is 45.4 Å². The Hall–Kier alpha value is -1.72. The third-order valence-corrected chi connectivity index (χ3v) is 4.60. The van der Waals surface area contributed by atoms with Gasteiger partial charge >= 0.3 is 0 Å². The van der Waals surface area contributed by atoms with Gasteiger partial charge in [0.25, 0.3) is 0 Å². The van der Waals surface area contributed by atoms with E-state index in [1.165, 1.54) is 11.1 Å². The van der Waals surface area contributed by atoms with Gasteiger partial charge in [-0.15, -0.1) is 0 Å². The lowest BCUT2D eigenvalue weighted by Crippen LogP contribution is -2.46. The minimum absolute atomic E-state index is 0.198. The molecule has 0 N–H and O–H groups in total. The van der Waals surface area contributed by atoms with E-state index in [0.29, 0.717) is 0 Å². The van der Waals surface area contributed by atoms with Crippen molar-refractivity contribution in [2.75, 3.05) is 26.2 Å². The van der Waals surface area contributed by atoms with Crippen LogP contribution in [0.2, 0.25) is 0 Å². The fourth-order valence-electron chi connectivity index (χ4n) is 3.11. The fraction of sp³-hybridized carbons (Fsp3) is 0.556. The lowest BCUT2D eigenvalue weighted by atomic mass is 10.1. The SMILES string of the molecule is CCc1noc(C(C)N2CCN(Cc3cccc(C)c3)CC2)n1. The molecule has 2 aromatic rings. The number of rotatable bonds is 5. The minimum Gasteiger partial charge on any atom is -0.338 e. The third kappa shape index (κ3) is 3.98. The number of nitrogens with zero attached hydrogens (tertiary/aromatic N) is 4. The van der Waals surface area contributed by atoms with Gasteiger partial charge in [0.1, 0.15) is 0 Å². The van der Waals surface area contributed by atoms with Crippen molar-refractivity contribution in [2.45, 2.75) is 39.8 Å². The largest absolute Gasteiger partial charge is 0.338 e. The molecule has 3 rings (SSSR count). The molecule has 124 valence electrons. The van der Waals surface area contributed by atoms with Crippen LogP contribution in [0.15, 0.2) is 28.8 Å². The molecule has 0 radical (unpaired) electrons. The van der Waals surface area contributed by atoms with E-state index < -0.39 is 0 Å². The molecular weight excluding hydrogens is 288 g/mol. The van der Waals surface area contributed by atoms with Crippen molar-refractivity contribution in [3.8, 4) is 0 Å². The molecule has 0 saturated carbocycles. The summed E-state index contributed by atoms with van der Waals surface area (Å²) in [6, 6.07) is 8.98. The van der Waals surface area contributed by atoms with Crippen LogP contribution < -0.4 is 0 Å². The first-order valence-electron chi connectivity index (χ1n) is 8.50. The van der Waals surface area contributed by atoms with Gasteiger partial charge in [0.05, 0.1) is 6.04 Å². The van der Waals surface area contributed by atoms with Crippen LogP contribution in [0, 0.1) is 6.92 Å². The molecule has 1 aromatic carbocycles. The van der Waals surface area contributed by atoms with Gasteiger partial charge in [-0.05, 0) is 19.4 Å². The molecule has 5 nitrogen and oxygen atoms in total. The zero-order valence-corrected chi connectivity index (χ0v) is 14.3. The smallest absolute Gasteiger partial charge is 0.243 e. The van der Waals surface area contributed by atoms with E-state index in [1.54, 1.807) is 0 Å². The van der Waals surface area contributed by atoms with Crippen LogP contribution in [0.4, 0.5) is 0 Å². The maximum absolute atomic E-state index is 5.39. The second-order valence-corrected chi connectivity index (χ2v) is 6.38. The summed E-state index contributed by atoms with van der Waals surface area (Å²) in [5.41, 5.74) is 2.73. The summed E-state index contributed by atoms with van der Waals surface area (Å²) < 4.78 is 5.39. The Balaban J connectivity index is 1.53. The summed E-state index contributed by atoms with van der Waals surface area (Å²) in [5, 5.41) is 4.01. The molecule has 0 spiro atoms. The Morgan fingerprint density at radius 1 is 1.22 bits per heavy atom. The average Bonchev–Trinajstić information content (AvgIpc) is 3.04. The van der Waals surface area contributed by atoms with Gasteiger partial charge in [0, 0.05) is 39.1 Å². The van der Waals surface area contributed by atoms with Crippen LogP contribution in [0.1, 0.15) is 42.7 Å². The highest BCUT2D eigenvalue weighted by atomic mass is 16.5. The van der Waals surface area contributed by atoms with Crippen LogP contribution in [0.5, 0.6) is 0 Å². The van der Waals surface area contributed by atoms with Crippen LogP contribution in [-0.4, -0.2) is 46.1 Å². The maximum atomic E-state index is 5.39. The molecule has 2 heterocycles. The summed E-state index contributed by atoms with van der Waals surface area (Å²) in [7, 11) is 0. The van der Waals surface area contributed by atoms with E-state index in [-0.39, 0.29) is 6.04 Å². The van der Waals surface area contributed by atoms with Crippen LogP contribution in [-0.2, 0) is 13.0 Å². The molecule has 1 aliphatic rings. The van der Waals surface area contributed by atoms with Crippen molar-refractivity contribution in [3.63, 3.8) is 0 Å². The first-order valence-corrected chi connectivity index (χ1v) is 8.50. The zero-order chi connectivity index (χ0) is 16.2. The highest BCUT2D eigenvalue weighted by molar-refractivity contribution is 5.22. The molecule has 1 fully saturated rings. The van der Waals surface area contributed by atoms with Crippen molar-refractivity contribution in [2.24, 2.45) is 0 Å². The van der Waals surface area contributed by atoms with Gasteiger partial charge < -0.3 is 4.52 Å². The highest BCUT2D eigenvalue weighted by Crippen LogP contribution is 2.21. The van der Waals surface area contributed by atoms with E-state index >= 15 is 0 Å². The molecule has 0 bridgehead atoms. The minimum atomic E-state index is 0.198. The molecule has 1 atom stereocenters. The Kier molecular flexibility index (Phi) is 5.08. The monoisotopic (exact) mass is 314 g/mol. The van der Waals surface area contributed by atoms with E-state index in [2.05, 4.69) is 58.1 Å². The number of benzene rings is 1. The zero-order valence-electron chi connectivity index (χ0n) is 14.3. The van der Waals surface area contributed by atoms with Crippen molar-refractivity contribution >= 4 is 0 Å². The number of hydrogen-bond acceptors (Lipinski definition) is 5. The van der Waals surface area contributed by atoms with Crippen molar-refractivity contribution < 1.29 is 4.52 Å². The summed E-state index contributed by atoms with van der Waals surface area (Å²) in [5.74, 6) is 1.54. The number of hydrogen-bond donors (Lipinski definition) is 0. The standard InChI is InChI=1S/C18H26N4O/c1-4-17-19-18(23-20-17)15(3)22-10-8-21(9-11-22)13-16-7-5-6-14(2)12-16/h5-7,12,15H,4,8-11,13H2,1-3H3. The summed E-state index contributed by atoms with van der Waals surface area (Å²) in [4.78, 5) is 9.41. The predicted octanol–water partition coefficient (Wildman–Crippen LogP) is 2.82. The Morgan fingerprint density at radius 3 is 2.65 bits per heavy atom. The lowest BCUT2D eigenvalue weighted by molar-refractivity contribution is 0.0845. The van der Waals surface area contributed by atoms with E-state index in [1.807, 2.05) is 6.92 Å². The predicted molar refractivity (Wildman–Crippen MR) is 90.1 cm³/mol. The van der Waals surface area contributed by atoms with Gasteiger partial charge in [-0.25, -0.2) is 0 Å². The maximum Gasteiger partial charge on any atom is 0.243 e. The van der Waals surface area contributed by atoms with Gasteiger partial charge in [-0.1, -0.05) is 41.9 Å². The Morgan fingerprint density at radius 2 is 2.00 bits per heavy atom.